The highest BCUT2D eigenvalue weighted by Gasteiger charge is 2.47. The van der Waals surface area contributed by atoms with Crippen molar-refractivity contribution in [1.29, 1.82) is 0 Å². The van der Waals surface area contributed by atoms with E-state index in [-0.39, 0.29) is 0 Å². The lowest BCUT2D eigenvalue weighted by Gasteiger charge is -2.46. The van der Waals surface area contributed by atoms with Crippen LogP contribution < -0.4 is 26.4 Å². The lowest BCUT2D eigenvalue weighted by molar-refractivity contribution is -0.688. The summed E-state index contributed by atoms with van der Waals surface area (Å²) in [7, 11) is 0. The third-order valence-corrected chi connectivity index (χ3v) is 12.5. The first-order valence-corrected chi connectivity index (χ1v) is 22.4. The van der Waals surface area contributed by atoms with Gasteiger partial charge in [-0.15, -0.1) is 0 Å². The minimum Gasteiger partial charge on any atom is -0.244 e. The number of alkyl halides is 24. The van der Waals surface area contributed by atoms with Crippen LogP contribution in [-0.2, 0) is 56.0 Å². The van der Waals surface area contributed by atoms with Gasteiger partial charge in [0.25, 0.3) is 0 Å². The topological polar surface area (TPSA) is 16.8 Å². The molecule has 0 saturated heterocycles. The van der Waals surface area contributed by atoms with Crippen molar-refractivity contribution in [2.24, 2.45) is 0 Å². The highest BCUT2D eigenvalue weighted by Crippen LogP contribution is 2.41. The maximum Gasteiger partial charge on any atom is 0.416 e. The Kier molecular flexibility index (Phi) is 15.8. The monoisotopic (exact) mass is 1160 g/mol. The molecule has 27 heteroatoms. The molecule has 0 N–H and O–H groups in total. The first kappa shape index (κ1) is 59.9. The number of rotatable bonds is 7. The summed E-state index contributed by atoms with van der Waals surface area (Å²) in [4.78, 5) is 4.54. The van der Waals surface area contributed by atoms with Gasteiger partial charge in [0.05, 0.1) is 50.7 Å². The van der Waals surface area contributed by atoms with Crippen molar-refractivity contribution in [2.75, 3.05) is 0 Å². The fraction of sp³-hybridized carbons (Fsp3) is 0.170. The van der Waals surface area contributed by atoms with Crippen LogP contribution in [0, 0.1) is 0 Å². The number of aromatic nitrogens is 2. The summed E-state index contributed by atoms with van der Waals surface area (Å²) < 4.78 is 343. The summed E-state index contributed by atoms with van der Waals surface area (Å²) in [6, 6.07) is 16.6. The number of halogens is 24. The van der Waals surface area contributed by atoms with Gasteiger partial charge in [0.1, 0.15) is 11.8 Å². The Morgan fingerprint density at radius 2 is 0.625 bits per heavy atom. The average Bonchev–Trinajstić information content (AvgIpc) is 2.93. The van der Waals surface area contributed by atoms with E-state index < -0.39 is 195 Å². The van der Waals surface area contributed by atoms with Crippen molar-refractivity contribution in [3.05, 3.63) is 214 Å². The fourth-order valence-corrected chi connectivity index (χ4v) is 8.89. The Bertz CT molecular complexity index is 3090. The van der Waals surface area contributed by atoms with E-state index in [0.717, 1.165) is 17.8 Å². The highest BCUT2D eigenvalue weighted by molar-refractivity contribution is 7.20. The summed E-state index contributed by atoms with van der Waals surface area (Å²) in [6.45, 7) is 0.851. The molecule has 2 nitrogen and oxygen atoms in total. The average molecular weight is 1160 g/mol. The molecule has 0 aliphatic carbocycles. The van der Waals surface area contributed by atoms with Crippen LogP contribution in [0.3, 0.4) is 0 Å². The molecule has 8 aromatic rings. The Labute approximate surface area is 434 Å². The summed E-state index contributed by atoms with van der Waals surface area (Å²) in [5.74, 6) is 0. The van der Waals surface area contributed by atoms with E-state index in [1.54, 1.807) is 0 Å². The highest BCUT2D eigenvalue weighted by atomic mass is 19.4. The van der Waals surface area contributed by atoms with Crippen molar-refractivity contribution in [2.45, 2.75) is 56.0 Å². The second kappa shape index (κ2) is 21.1. The van der Waals surface area contributed by atoms with Crippen LogP contribution in [-0.4, -0.2) is 11.1 Å². The molecule has 0 fully saturated rings. The lowest BCUT2D eigenvalue weighted by atomic mass is 9.12. The Balaban J connectivity index is 0.000000329. The van der Waals surface area contributed by atoms with E-state index in [9.17, 15) is 105 Å². The molecule has 0 aliphatic heterocycles. The van der Waals surface area contributed by atoms with Gasteiger partial charge in [-0.3, -0.25) is 0 Å². The molecule has 422 valence electrons. The number of fused-ring (bicyclic) bond motifs is 1. The van der Waals surface area contributed by atoms with E-state index in [1.807, 2.05) is 18.5 Å². The van der Waals surface area contributed by atoms with Gasteiger partial charge in [-0.2, -0.15) is 132 Å². The van der Waals surface area contributed by atoms with Crippen LogP contribution >= 0.6 is 0 Å². The molecule has 0 amide bonds. The van der Waals surface area contributed by atoms with E-state index >= 15 is 0 Å². The molecule has 80 heavy (non-hydrogen) atoms. The van der Waals surface area contributed by atoms with Crippen molar-refractivity contribution in [3.8, 4) is 11.3 Å². The van der Waals surface area contributed by atoms with Gasteiger partial charge in [-0.05, 0) is 41.1 Å². The molecular formula is C53H29BF24N2. The molecule has 0 aliphatic rings. The fourth-order valence-electron chi connectivity index (χ4n) is 8.89. The van der Waals surface area contributed by atoms with Gasteiger partial charge in [0.15, 0.2) is 18.9 Å². The number of hydrogen-bond acceptors (Lipinski definition) is 1. The molecule has 1 aromatic heterocycles. The number of benzene rings is 7. The maximum absolute atomic E-state index is 14.2. The maximum atomic E-state index is 14.2. The Morgan fingerprint density at radius 3 is 0.938 bits per heavy atom. The van der Waals surface area contributed by atoms with Crippen LogP contribution in [0.2, 0.25) is 0 Å². The van der Waals surface area contributed by atoms with Crippen LogP contribution in [0.1, 0.15) is 50.1 Å². The third-order valence-electron chi connectivity index (χ3n) is 12.5. The van der Waals surface area contributed by atoms with E-state index in [2.05, 4.69) is 82.5 Å². The molecule has 0 atom stereocenters. The van der Waals surface area contributed by atoms with Gasteiger partial charge in [0.2, 0.25) is 0 Å². The summed E-state index contributed by atoms with van der Waals surface area (Å²) in [5.41, 5.74) is -26.8. The van der Waals surface area contributed by atoms with Crippen LogP contribution in [0.5, 0.6) is 0 Å². The second-order valence-electron chi connectivity index (χ2n) is 17.9. The summed E-state index contributed by atoms with van der Waals surface area (Å²) >= 11 is 0. The smallest absolute Gasteiger partial charge is 0.244 e. The van der Waals surface area contributed by atoms with Gasteiger partial charge in [-0.25, -0.2) is 4.98 Å². The molecule has 1 heterocycles. The normalized spacial score (nSPS) is 13.3. The van der Waals surface area contributed by atoms with Crippen molar-refractivity contribution in [3.63, 3.8) is 0 Å². The zero-order chi connectivity index (χ0) is 59.4. The molecule has 0 radical (unpaired) electrons. The van der Waals surface area contributed by atoms with Gasteiger partial charge in [0, 0.05) is 11.1 Å². The third kappa shape index (κ3) is 13.5. The minimum atomic E-state index is -6.13. The zero-order valence-corrected chi connectivity index (χ0v) is 39.3. The lowest BCUT2D eigenvalue weighted by Crippen LogP contribution is -2.75. The van der Waals surface area contributed by atoms with Crippen LogP contribution in [0.25, 0.3) is 22.0 Å². The van der Waals surface area contributed by atoms with E-state index in [0.29, 0.717) is 0 Å². The van der Waals surface area contributed by atoms with Gasteiger partial charge in [-0.1, -0.05) is 115 Å². The summed E-state index contributed by atoms with van der Waals surface area (Å²) in [6.07, 6.45) is -48.8. The standard InChI is InChI=1S/C32H12BF24.C21H17N2/c34-25(35,36)13-1-14(26(37,38)39)6-21(5-13)33(22-7-15(27(40,41)42)2-16(8-22)28(43,44)45,23-9-17(29(46,47)48)3-18(10-23)30(49,50)51)24-11-19(31(52,53)54)4-20(12-24)32(55,56)57;1-2-6-17(7-3-1)15-23-13-12-22-21(16-23)20-11-10-18-8-4-5-9-19(18)14-20/h1-12H;1-14,16H,15H2/q-1;+1. The second-order valence-corrected chi connectivity index (χ2v) is 17.9. The van der Waals surface area contributed by atoms with Crippen LogP contribution in [0.15, 0.2) is 164 Å². The number of hydrogen-bond donors (Lipinski definition) is 0. The number of nitrogens with zero attached hydrogens (tertiary/aromatic N) is 2. The predicted molar refractivity (Wildman–Crippen MR) is 243 cm³/mol. The molecule has 0 saturated carbocycles. The Hall–Kier alpha value is -7.74. The summed E-state index contributed by atoms with van der Waals surface area (Å²) in [5, 5.41) is 2.50. The van der Waals surface area contributed by atoms with Crippen molar-refractivity contribution in [1.82, 2.24) is 4.98 Å². The van der Waals surface area contributed by atoms with Crippen molar-refractivity contribution >= 4 is 38.8 Å². The molecule has 0 unspecified atom stereocenters. The minimum absolute atomic E-state index is 0.691. The van der Waals surface area contributed by atoms with E-state index in [1.165, 1.54) is 16.3 Å². The molecule has 0 spiro atoms. The van der Waals surface area contributed by atoms with Gasteiger partial charge < -0.3 is 0 Å². The molecular weight excluding hydrogens is 1130 g/mol. The van der Waals surface area contributed by atoms with E-state index in [4.69, 9.17) is 0 Å². The largest absolute Gasteiger partial charge is 0.416 e. The molecule has 7 aromatic carbocycles. The quantitative estimate of drug-likeness (QED) is 0.0883. The van der Waals surface area contributed by atoms with Gasteiger partial charge >= 0.3 is 49.4 Å². The predicted octanol–water partition coefficient (Wildman–Crippen LogP) is 15.5. The molecule has 0 bridgehead atoms. The van der Waals surface area contributed by atoms with Crippen molar-refractivity contribution < 1.29 is 110 Å². The first-order chi connectivity index (χ1) is 36.6. The Morgan fingerprint density at radius 1 is 0.325 bits per heavy atom. The van der Waals surface area contributed by atoms with Crippen LogP contribution in [0.4, 0.5) is 105 Å². The zero-order valence-electron chi connectivity index (χ0n) is 39.3. The SMILES string of the molecule is FC(F)(F)c1cc([B-](c2cc(C(F)(F)F)cc(C(F)(F)F)c2)(c2cc(C(F)(F)F)cc(C(F)(F)F)c2)c2cc(C(F)(F)F)cc(C(F)(F)F)c2)cc(C(F)(F)F)c1.c1ccc(C[n+]2ccnc(-c3ccc4ccccc4c3)c2)cc1. The first-order valence-electron chi connectivity index (χ1n) is 22.4. The molecule has 8 rings (SSSR count).